The van der Waals surface area contributed by atoms with Crippen molar-refractivity contribution in [1.29, 1.82) is 0 Å². The van der Waals surface area contributed by atoms with Crippen LogP contribution in [0.5, 0.6) is 0 Å². The Labute approximate surface area is 219 Å². The van der Waals surface area contributed by atoms with Crippen molar-refractivity contribution in [2.75, 3.05) is 19.8 Å². The lowest BCUT2D eigenvalue weighted by molar-refractivity contribution is -0.155. The second-order valence-electron chi connectivity index (χ2n) is 10.8. The number of nitrogens with zero attached hydrogens (tertiary/aromatic N) is 5. The maximum atomic E-state index is 14.4. The summed E-state index contributed by atoms with van der Waals surface area (Å²) in [7, 11) is 0. The molecule has 2 aromatic rings. The number of aromatic nitrogens is 3. The molecule has 5 heterocycles. The summed E-state index contributed by atoms with van der Waals surface area (Å²) in [5.41, 5.74) is 0.121. The molecule has 0 aliphatic carbocycles. The number of esters is 1. The van der Waals surface area contributed by atoms with E-state index < -0.39 is 41.6 Å². The first-order valence-corrected chi connectivity index (χ1v) is 13.0. The number of hydrogen-bond donors (Lipinski definition) is 1. The summed E-state index contributed by atoms with van der Waals surface area (Å²) in [4.78, 5) is 44.7. The number of carbonyl (C=O) groups is 3. The van der Waals surface area contributed by atoms with Crippen LogP contribution in [-0.4, -0.2) is 91.2 Å². The summed E-state index contributed by atoms with van der Waals surface area (Å²) < 4.78 is 13.5. The largest absolute Gasteiger partial charge is 0.461 e. The molecule has 6 rings (SSSR count). The van der Waals surface area contributed by atoms with Crippen molar-refractivity contribution < 1.29 is 29.0 Å². The van der Waals surface area contributed by atoms with Crippen LogP contribution in [0, 0.1) is 17.8 Å². The monoisotopic (exact) mass is 521 g/mol. The molecule has 1 aromatic heterocycles. The van der Waals surface area contributed by atoms with Crippen LogP contribution in [0.1, 0.15) is 20.3 Å². The molecule has 0 radical (unpaired) electrons. The highest BCUT2D eigenvalue weighted by Gasteiger charge is 2.72. The average molecular weight is 522 g/mol. The maximum Gasteiger partial charge on any atom is 0.313 e. The van der Waals surface area contributed by atoms with E-state index >= 15 is 0 Å². The van der Waals surface area contributed by atoms with Gasteiger partial charge >= 0.3 is 5.97 Å². The molecule has 11 nitrogen and oxygen atoms in total. The van der Waals surface area contributed by atoms with Gasteiger partial charge in [0.1, 0.15) is 36.4 Å². The molecule has 4 aliphatic heterocycles. The van der Waals surface area contributed by atoms with E-state index in [4.69, 9.17) is 9.47 Å². The third kappa shape index (κ3) is 3.67. The lowest BCUT2D eigenvalue weighted by atomic mass is 9.78. The number of rotatable bonds is 6. The van der Waals surface area contributed by atoms with Crippen LogP contribution in [0.15, 0.2) is 48.6 Å². The van der Waals surface area contributed by atoms with E-state index in [1.165, 1.54) is 4.90 Å². The second kappa shape index (κ2) is 9.32. The van der Waals surface area contributed by atoms with E-state index in [0.29, 0.717) is 11.9 Å². The Bertz CT molecular complexity index is 1340. The van der Waals surface area contributed by atoms with Crippen LogP contribution in [0.25, 0.3) is 11.0 Å². The highest BCUT2D eigenvalue weighted by atomic mass is 16.6. The fraction of sp³-hybridized carbons (Fsp3) is 0.519. The van der Waals surface area contributed by atoms with Crippen molar-refractivity contribution in [1.82, 2.24) is 24.8 Å². The van der Waals surface area contributed by atoms with Gasteiger partial charge in [0.2, 0.25) is 5.91 Å². The molecule has 1 N–H and O–H groups in total. The quantitative estimate of drug-likeness (QED) is 0.439. The first kappa shape index (κ1) is 24.7. The van der Waals surface area contributed by atoms with Crippen molar-refractivity contribution in [2.24, 2.45) is 17.8 Å². The Balaban J connectivity index is 1.43. The summed E-state index contributed by atoms with van der Waals surface area (Å²) in [6, 6.07) is 5.81. The molecule has 2 amide bonds. The SMILES string of the molecule is CC(C)C[C@H](CO)N1C(=O)[C@@H]2[C@@H]3C(=O)OCC=C[C@@H]3O[C@@]23C=CCN(Cn2nnc4ccccc42)C(=O)C13. The van der Waals surface area contributed by atoms with Crippen molar-refractivity contribution in [3.8, 4) is 0 Å². The number of aliphatic hydroxyl groups excluding tert-OH is 1. The molecule has 0 saturated carbocycles. The van der Waals surface area contributed by atoms with Gasteiger partial charge in [-0.3, -0.25) is 14.4 Å². The number of hydrogen-bond acceptors (Lipinski definition) is 8. The summed E-state index contributed by atoms with van der Waals surface area (Å²) in [5.74, 6) is -2.89. The standard InChI is InChI=1S/C27H31N5O6/c1-16(2)13-17(14-33)32-23-25(35)30(15-31-19-8-4-3-7-18(19)28-29-31)11-6-10-27(23)22(24(32)34)21-20(38-27)9-5-12-37-26(21)36/h3-10,16-17,20-23,33H,11-15H2,1-2H3/t17-,20+,21-,22+,23?,27+/m1/s1. The van der Waals surface area contributed by atoms with Gasteiger partial charge in [-0.05, 0) is 30.5 Å². The van der Waals surface area contributed by atoms with Gasteiger partial charge in [-0.25, -0.2) is 4.68 Å². The number of amides is 2. The molecule has 4 aliphatic rings. The first-order valence-electron chi connectivity index (χ1n) is 13.0. The Morgan fingerprint density at radius 2 is 1.97 bits per heavy atom. The van der Waals surface area contributed by atoms with E-state index in [0.717, 1.165) is 5.52 Å². The zero-order chi connectivity index (χ0) is 26.6. The van der Waals surface area contributed by atoms with E-state index in [1.807, 2.05) is 44.2 Å². The fourth-order valence-corrected chi connectivity index (χ4v) is 6.48. The minimum Gasteiger partial charge on any atom is -0.461 e. The van der Waals surface area contributed by atoms with Gasteiger partial charge in [0.25, 0.3) is 5.91 Å². The number of fused-ring (bicyclic) bond motifs is 3. The Morgan fingerprint density at radius 1 is 1.16 bits per heavy atom. The number of benzene rings is 1. The summed E-state index contributed by atoms with van der Waals surface area (Å²) >= 11 is 0. The van der Waals surface area contributed by atoms with Crippen molar-refractivity contribution >= 4 is 28.8 Å². The minimum absolute atomic E-state index is 0.108. The molecular weight excluding hydrogens is 490 g/mol. The van der Waals surface area contributed by atoms with Gasteiger partial charge in [-0.15, -0.1) is 5.10 Å². The Hall–Kier alpha value is -3.57. The summed E-state index contributed by atoms with van der Waals surface area (Å²) in [6.45, 7) is 4.16. The number of cyclic esters (lactones) is 1. The number of likely N-dealkylation sites (tertiary alicyclic amines) is 1. The maximum absolute atomic E-state index is 14.4. The zero-order valence-corrected chi connectivity index (χ0v) is 21.3. The van der Waals surface area contributed by atoms with Crippen LogP contribution < -0.4 is 0 Å². The topological polar surface area (TPSA) is 127 Å². The van der Waals surface area contributed by atoms with Crippen LogP contribution in [-0.2, 0) is 30.5 Å². The predicted molar refractivity (Wildman–Crippen MR) is 134 cm³/mol. The van der Waals surface area contributed by atoms with Crippen LogP contribution >= 0.6 is 0 Å². The predicted octanol–water partition coefficient (Wildman–Crippen LogP) is 0.888. The van der Waals surface area contributed by atoms with Gasteiger partial charge in [0, 0.05) is 6.54 Å². The van der Waals surface area contributed by atoms with E-state index in [-0.39, 0.29) is 44.2 Å². The van der Waals surface area contributed by atoms with E-state index in [2.05, 4.69) is 10.3 Å². The van der Waals surface area contributed by atoms with Crippen LogP contribution in [0.4, 0.5) is 0 Å². The molecule has 200 valence electrons. The average Bonchev–Trinajstić information content (AvgIpc) is 3.44. The molecule has 0 bridgehead atoms. The first-order chi connectivity index (χ1) is 18.4. The Kier molecular flexibility index (Phi) is 6.07. The van der Waals surface area contributed by atoms with E-state index in [9.17, 15) is 19.5 Å². The third-order valence-electron chi connectivity index (χ3n) is 8.01. The second-order valence-corrected chi connectivity index (χ2v) is 10.8. The van der Waals surface area contributed by atoms with Crippen LogP contribution in [0.2, 0.25) is 0 Å². The summed E-state index contributed by atoms with van der Waals surface area (Å²) in [5, 5.41) is 18.8. The smallest absolute Gasteiger partial charge is 0.313 e. The van der Waals surface area contributed by atoms with Crippen molar-refractivity contribution in [3.05, 3.63) is 48.6 Å². The molecule has 2 saturated heterocycles. The minimum atomic E-state index is -1.37. The third-order valence-corrected chi connectivity index (χ3v) is 8.01. The Morgan fingerprint density at radius 3 is 2.76 bits per heavy atom. The molecule has 6 atom stereocenters. The number of para-hydroxylation sites is 1. The van der Waals surface area contributed by atoms with Gasteiger partial charge in [-0.2, -0.15) is 0 Å². The fourth-order valence-electron chi connectivity index (χ4n) is 6.48. The zero-order valence-electron chi connectivity index (χ0n) is 21.3. The summed E-state index contributed by atoms with van der Waals surface area (Å²) in [6.07, 6.45) is 6.85. The van der Waals surface area contributed by atoms with Crippen LogP contribution in [0.3, 0.4) is 0 Å². The highest BCUT2D eigenvalue weighted by molar-refractivity contribution is 5.99. The van der Waals surface area contributed by atoms with Gasteiger partial charge in [-0.1, -0.05) is 49.4 Å². The molecule has 1 unspecified atom stereocenters. The van der Waals surface area contributed by atoms with Crippen molar-refractivity contribution in [2.45, 2.75) is 50.7 Å². The molecule has 11 heteroatoms. The molecule has 1 aromatic carbocycles. The molecular formula is C27H31N5O6. The number of aliphatic hydroxyl groups is 1. The van der Waals surface area contributed by atoms with Gasteiger partial charge in [0.05, 0.1) is 30.2 Å². The lowest BCUT2D eigenvalue weighted by Crippen LogP contribution is -2.58. The van der Waals surface area contributed by atoms with Crippen molar-refractivity contribution in [3.63, 3.8) is 0 Å². The normalized spacial score (nSPS) is 31.3. The van der Waals surface area contributed by atoms with Gasteiger partial charge < -0.3 is 24.4 Å². The number of carbonyl (C=O) groups excluding carboxylic acids is 3. The molecule has 2 fully saturated rings. The van der Waals surface area contributed by atoms with E-state index in [1.54, 1.807) is 27.8 Å². The highest BCUT2D eigenvalue weighted by Crippen LogP contribution is 2.54. The molecule has 38 heavy (non-hydrogen) atoms. The van der Waals surface area contributed by atoms with Gasteiger partial charge in [0.15, 0.2) is 0 Å². The molecule has 1 spiro atoms. The lowest BCUT2D eigenvalue weighted by Gasteiger charge is -2.39. The number of ether oxygens (including phenoxy) is 2.